The minimum Gasteiger partial charge on any atom is -0.497 e. The van der Waals surface area contributed by atoms with Crippen LogP contribution in [0, 0.1) is 6.92 Å². The smallest absolute Gasteiger partial charge is 0.119 e. The molecule has 0 spiro atoms. The molecule has 0 unspecified atom stereocenters. The molecule has 0 aliphatic carbocycles. The number of anilines is 2. The summed E-state index contributed by atoms with van der Waals surface area (Å²) in [5.41, 5.74) is 3.70. The standard InChI is InChI=1S/C17H15ClN2O/c1-11-9-17(20-16-6-4-3-5-14(16)18)13-10-12(21-2)7-8-15(13)19-11/h3-10H,1-2H3,(H,19,20). The van der Waals surface area contributed by atoms with Gasteiger partial charge in [-0.25, -0.2) is 0 Å². The number of ether oxygens (including phenoxy) is 1. The molecule has 3 nitrogen and oxygen atoms in total. The molecule has 0 aliphatic rings. The Balaban J connectivity index is 2.14. The maximum atomic E-state index is 6.22. The van der Waals surface area contributed by atoms with Gasteiger partial charge in [-0.2, -0.15) is 0 Å². The van der Waals surface area contributed by atoms with E-state index in [1.54, 1.807) is 7.11 Å². The molecule has 0 amide bonds. The van der Waals surface area contributed by atoms with Gasteiger partial charge in [-0.3, -0.25) is 4.98 Å². The number of nitrogens with one attached hydrogen (secondary N) is 1. The second-order valence-corrected chi connectivity index (χ2v) is 5.21. The lowest BCUT2D eigenvalue weighted by Gasteiger charge is -2.13. The van der Waals surface area contributed by atoms with E-state index in [9.17, 15) is 0 Å². The third-order valence-electron chi connectivity index (χ3n) is 3.29. The van der Waals surface area contributed by atoms with Gasteiger partial charge in [-0.1, -0.05) is 23.7 Å². The highest BCUT2D eigenvalue weighted by atomic mass is 35.5. The molecule has 106 valence electrons. The number of pyridine rings is 1. The minimum absolute atomic E-state index is 0.683. The maximum Gasteiger partial charge on any atom is 0.119 e. The summed E-state index contributed by atoms with van der Waals surface area (Å²) >= 11 is 6.22. The fourth-order valence-electron chi connectivity index (χ4n) is 2.28. The number of hydrogen-bond acceptors (Lipinski definition) is 3. The molecule has 3 aromatic rings. The summed E-state index contributed by atoms with van der Waals surface area (Å²) in [7, 11) is 1.66. The summed E-state index contributed by atoms with van der Waals surface area (Å²) in [6.07, 6.45) is 0. The second kappa shape index (κ2) is 5.62. The molecule has 0 aliphatic heterocycles. The number of rotatable bonds is 3. The van der Waals surface area contributed by atoms with E-state index in [0.717, 1.165) is 33.7 Å². The number of methoxy groups -OCH3 is 1. The molecule has 0 fully saturated rings. The first-order valence-electron chi connectivity index (χ1n) is 6.64. The van der Waals surface area contributed by atoms with Crippen molar-refractivity contribution in [3.05, 3.63) is 59.2 Å². The summed E-state index contributed by atoms with van der Waals surface area (Å²) in [5.74, 6) is 0.801. The largest absolute Gasteiger partial charge is 0.497 e. The van der Waals surface area contributed by atoms with Gasteiger partial charge < -0.3 is 10.1 Å². The molecule has 0 atom stereocenters. The zero-order chi connectivity index (χ0) is 14.8. The van der Waals surface area contributed by atoms with Gasteiger partial charge >= 0.3 is 0 Å². The van der Waals surface area contributed by atoms with Crippen LogP contribution < -0.4 is 10.1 Å². The summed E-state index contributed by atoms with van der Waals surface area (Å²) in [6.45, 7) is 1.97. The number of fused-ring (bicyclic) bond motifs is 1. The van der Waals surface area contributed by atoms with E-state index < -0.39 is 0 Å². The Morgan fingerprint density at radius 2 is 1.86 bits per heavy atom. The van der Waals surface area contributed by atoms with E-state index in [2.05, 4.69) is 10.3 Å². The maximum absolute atomic E-state index is 6.22. The van der Waals surface area contributed by atoms with Crippen LogP contribution in [-0.4, -0.2) is 12.1 Å². The first-order valence-corrected chi connectivity index (χ1v) is 7.02. The topological polar surface area (TPSA) is 34.1 Å². The van der Waals surface area contributed by atoms with Crippen molar-refractivity contribution in [2.24, 2.45) is 0 Å². The van der Waals surface area contributed by atoms with Gasteiger partial charge in [0, 0.05) is 16.8 Å². The highest BCUT2D eigenvalue weighted by molar-refractivity contribution is 6.33. The van der Waals surface area contributed by atoms with Crippen LogP contribution in [0.3, 0.4) is 0 Å². The first kappa shape index (κ1) is 13.7. The van der Waals surface area contributed by atoms with Gasteiger partial charge in [0.15, 0.2) is 0 Å². The average molecular weight is 299 g/mol. The van der Waals surface area contributed by atoms with E-state index in [0.29, 0.717) is 5.02 Å². The van der Waals surface area contributed by atoms with Crippen molar-refractivity contribution in [2.75, 3.05) is 12.4 Å². The number of halogens is 1. The lowest BCUT2D eigenvalue weighted by atomic mass is 10.1. The summed E-state index contributed by atoms with van der Waals surface area (Å²) in [4.78, 5) is 4.55. The Hall–Kier alpha value is -2.26. The van der Waals surface area contributed by atoms with E-state index >= 15 is 0 Å². The van der Waals surface area contributed by atoms with E-state index in [-0.39, 0.29) is 0 Å². The molecule has 1 heterocycles. The van der Waals surface area contributed by atoms with Gasteiger partial charge in [0.25, 0.3) is 0 Å². The Morgan fingerprint density at radius 1 is 1.05 bits per heavy atom. The number of nitrogens with zero attached hydrogens (tertiary/aromatic N) is 1. The summed E-state index contributed by atoms with van der Waals surface area (Å²) in [6, 6.07) is 15.5. The van der Waals surface area contributed by atoms with Crippen molar-refractivity contribution in [3.8, 4) is 5.75 Å². The average Bonchev–Trinajstić information content (AvgIpc) is 2.49. The predicted octanol–water partition coefficient (Wildman–Crippen LogP) is 4.95. The Labute approximate surface area is 128 Å². The highest BCUT2D eigenvalue weighted by Gasteiger charge is 2.07. The number of aryl methyl sites for hydroxylation is 1. The van der Waals surface area contributed by atoms with Crippen molar-refractivity contribution in [3.63, 3.8) is 0 Å². The molecule has 1 N–H and O–H groups in total. The SMILES string of the molecule is COc1ccc2nc(C)cc(Nc3ccccc3Cl)c2c1. The zero-order valence-corrected chi connectivity index (χ0v) is 12.6. The molecular weight excluding hydrogens is 284 g/mol. The van der Waals surface area contributed by atoms with Crippen LogP contribution >= 0.6 is 11.6 Å². The zero-order valence-electron chi connectivity index (χ0n) is 11.9. The molecule has 0 saturated heterocycles. The fraction of sp³-hybridized carbons (Fsp3) is 0.118. The lowest BCUT2D eigenvalue weighted by molar-refractivity contribution is 0.415. The predicted molar refractivity (Wildman–Crippen MR) is 87.8 cm³/mol. The molecule has 1 aromatic heterocycles. The fourth-order valence-corrected chi connectivity index (χ4v) is 2.46. The van der Waals surface area contributed by atoms with Crippen molar-refractivity contribution in [2.45, 2.75) is 6.92 Å². The molecule has 0 saturated carbocycles. The molecule has 0 radical (unpaired) electrons. The highest BCUT2D eigenvalue weighted by Crippen LogP contribution is 2.31. The van der Waals surface area contributed by atoms with Crippen molar-refractivity contribution >= 4 is 33.9 Å². The minimum atomic E-state index is 0.683. The van der Waals surface area contributed by atoms with Gasteiger partial charge in [-0.05, 0) is 43.3 Å². The van der Waals surface area contributed by atoms with Crippen molar-refractivity contribution < 1.29 is 4.74 Å². The number of aromatic nitrogens is 1. The third kappa shape index (κ3) is 2.78. The number of benzene rings is 2. The molecule has 4 heteroatoms. The Kier molecular flexibility index (Phi) is 3.67. The summed E-state index contributed by atoms with van der Waals surface area (Å²) in [5, 5.41) is 5.06. The van der Waals surface area contributed by atoms with Crippen LogP contribution in [0.2, 0.25) is 5.02 Å². The van der Waals surface area contributed by atoms with E-state index in [4.69, 9.17) is 16.3 Å². The first-order chi connectivity index (χ1) is 10.2. The van der Waals surface area contributed by atoms with Crippen LogP contribution in [-0.2, 0) is 0 Å². The van der Waals surface area contributed by atoms with Gasteiger partial charge in [0.05, 0.1) is 23.3 Å². The van der Waals surface area contributed by atoms with Crippen LogP contribution in [0.4, 0.5) is 11.4 Å². The lowest BCUT2D eigenvalue weighted by Crippen LogP contribution is -1.96. The monoisotopic (exact) mass is 298 g/mol. The van der Waals surface area contributed by atoms with E-state index in [1.165, 1.54) is 0 Å². The van der Waals surface area contributed by atoms with Gasteiger partial charge in [0.1, 0.15) is 5.75 Å². The molecule has 2 aromatic carbocycles. The van der Waals surface area contributed by atoms with Gasteiger partial charge in [0.2, 0.25) is 0 Å². The van der Waals surface area contributed by atoms with Crippen LogP contribution in [0.25, 0.3) is 10.9 Å². The van der Waals surface area contributed by atoms with E-state index in [1.807, 2.05) is 55.5 Å². The second-order valence-electron chi connectivity index (χ2n) is 4.80. The number of hydrogen-bond donors (Lipinski definition) is 1. The molecule has 3 rings (SSSR count). The van der Waals surface area contributed by atoms with Crippen LogP contribution in [0.5, 0.6) is 5.75 Å². The molecule has 21 heavy (non-hydrogen) atoms. The quantitative estimate of drug-likeness (QED) is 0.743. The Bertz CT molecular complexity index is 802. The van der Waals surface area contributed by atoms with Crippen LogP contribution in [0.1, 0.15) is 5.69 Å². The normalized spacial score (nSPS) is 10.6. The Morgan fingerprint density at radius 3 is 2.62 bits per heavy atom. The van der Waals surface area contributed by atoms with Crippen LogP contribution in [0.15, 0.2) is 48.5 Å². The summed E-state index contributed by atoms with van der Waals surface area (Å²) < 4.78 is 5.30. The number of para-hydroxylation sites is 1. The van der Waals surface area contributed by atoms with Crippen molar-refractivity contribution in [1.82, 2.24) is 4.98 Å². The van der Waals surface area contributed by atoms with Gasteiger partial charge in [-0.15, -0.1) is 0 Å². The molecular formula is C17H15ClN2O. The van der Waals surface area contributed by atoms with Crippen molar-refractivity contribution in [1.29, 1.82) is 0 Å². The third-order valence-corrected chi connectivity index (χ3v) is 3.62. The molecule has 0 bridgehead atoms.